The Morgan fingerprint density at radius 1 is 1.15 bits per heavy atom. The van der Waals surface area contributed by atoms with Crippen molar-refractivity contribution in [3.63, 3.8) is 0 Å². The van der Waals surface area contributed by atoms with Gasteiger partial charge < -0.3 is 10.0 Å². The number of phenolic OH excluding ortho intramolecular Hbond substituents is 1. The van der Waals surface area contributed by atoms with Gasteiger partial charge in [0.15, 0.2) is 11.4 Å². The zero-order valence-electron chi connectivity index (χ0n) is 15.0. The Balaban J connectivity index is 1.86. The van der Waals surface area contributed by atoms with Gasteiger partial charge in [-0.2, -0.15) is 0 Å². The molecule has 0 amide bonds. The van der Waals surface area contributed by atoms with Gasteiger partial charge in [-0.25, -0.2) is 0 Å². The number of hydrogen-bond acceptors (Lipinski definition) is 4. The third-order valence-electron chi connectivity index (χ3n) is 5.84. The van der Waals surface area contributed by atoms with E-state index in [0.29, 0.717) is 0 Å². The van der Waals surface area contributed by atoms with Crippen LogP contribution in [0, 0.1) is 4.91 Å². The molecule has 2 aromatic carbocycles. The summed E-state index contributed by atoms with van der Waals surface area (Å²) in [6.45, 7) is 1.71. The predicted octanol–water partition coefficient (Wildman–Crippen LogP) is 4.94. The highest BCUT2D eigenvalue weighted by Gasteiger charge is 2.28. The minimum atomic E-state index is -0.200. The van der Waals surface area contributed by atoms with Gasteiger partial charge in [-0.1, -0.05) is 29.8 Å². The first-order valence-corrected chi connectivity index (χ1v) is 9.64. The molecule has 0 saturated heterocycles. The first-order valence-electron chi connectivity index (χ1n) is 9.26. The summed E-state index contributed by atoms with van der Waals surface area (Å²) in [7, 11) is 2.10. The standard InChI is InChI=1S/C21H23ClN2O2/c1-24-9-8-16-17(11-19(23-26)21(25)20(16)22)18(12-24)15-7-6-13-4-2-3-5-14(13)10-15/h6-7,10-11,18,25H,2-5,8-9,12H2,1H3. The van der Waals surface area contributed by atoms with Crippen LogP contribution in [0.25, 0.3) is 0 Å². The van der Waals surface area contributed by atoms with Crippen molar-refractivity contribution in [1.82, 2.24) is 4.90 Å². The maximum atomic E-state index is 11.2. The molecule has 0 fully saturated rings. The number of halogens is 1. The van der Waals surface area contributed by atoms with Crippen molar-refractivity contribution in [2.45, 2.75) is 38.0 Å². The maximum absolute atomic E-state index is 11.2. The minimum absolute atomic E-state index is 0.0289. The Labute approximate surface area is 158 Å². The Morgan fingerprint density at radius 2 is 1.92 bits per heavy atom. The number of nitrogens with zero attached hydrogens (tertiary/aromatic N) is 2. The summed E-state index contributed by atoms with van der Waals surface area (Å²) in [5, 5.41) is 13.4. The van der Waals surface area contributed by atoms with E-state index in [1.54, 1.807) is 6.07 Å². The van der Waals surface area contributed by atoms with E-state index in [0.717, 1.165) is 43.5 Å². The van der Waals surface area contributed by atoms with Crippen molar-refractivity contribution in [3.05, 3.63) is 62.0 Å². The van der Waals surface area contributed by atoms with E-state index < -0.39 is 0 Å². The van der Waals surface area contributed by atoms with E-state index in [-0.39, 0.29) is 22.4 Å². The average molecular weight is 371 g/mol. The van der Waals surface area contributed by atoms with E-state index in [9.17, 15) is 10.0 Å². The second-order valence-electron chi connectivity index (χ2n) is 7.52. The molecule has 2 aromatic rings. The fourth-order valence-corrected chi connectivity index (χ4v) is 4.68. The van der Waals surface area contributed by atoms with Crippen molar-refractivity contribution in [2.24, 2.45) is 5.18 Å². The van der Waals surface area contributed by atoms with Gasteiger partial charge in [0.25, 0.3) is 0 Å². The van der Waals surface area contributed by atoms with Crippen molar-refractivity contribution >= 4 is 17.3 Å². The van der Waals surface area contributed by atoms with Gasteiger partial charge in [0.05, 0.1) is 5.02 Å². The Hall–Kier alpha value is -1.91. The molecule has 0 bridgehead atoms. The molecule has 4 nitrogen and oxygen atoms in total. The molecule has 5 heteroatoms. The van der Waals surface area contributed by atoms with Crippen LogP contribution in [0.4, 0.5) is 5.69 Å². The SMILES string of the molecule is CN1CCc2c(cc(N=O)c(O)c2Cl)C(c2ccc3c(c2)CCCC3)C1. The monoisotopic (exact) mass is 370 g/mol. The van der Waals surface area contributed by atoms with E-state index in [1.165, 1.54) is 29.5 Å². The summed E-state index contributed by atoms with van der Waals surface area (Å²) >= 11 is 6.42. The lowest BCUT2D eigenvalue weighted by molar-refractivity contribution is 0.338. The summed E-state index contributed by atoms with van der Waals surface area (Å²) in [5.41, 5.74) is 6.13. The normalized spacial score (nSPS) is 20.2. The highest BCUT2D eigenvalue weighted by Crippen LogP contribution is 2.44. The molecule has 0 aromatic heterocycles. The van der Waals surface area contributed by atoms with Crippen molar-refractivity contribution in [2.75, 3.05) is 20.1 Å². The molecular formula is C21H23ClN2O2. The van der Waals surface area contributed by atoms with Crippen LogP contribution in [-0.4, -0.2) is 30.1 Å². The molecule has 4 rings (SSSR count). The highest BCUT2D eigenvalue weighted by molar-refractivity contribution is 6.33. The van der Waals surface area contributed by atoms with Crippen LogP contribution in [0.1, 0.15) is 46.6 Å². The zero-order valence-corrected chi connectivity index (χ0v) is 15.7. The number of likely N-dealkylation sites (N-methyl/N-ethyl adjacent to an activating group) is 1. The first kappa shape index (κ1) is 17.5. The summed E-state index contributed by atoms with van der Waals surface area (Å²) in [6.07, 6.45) is 5.56. The fourth-order valence-electron chi connectivity index (χ4n) is 4.38. The summed E-state index contributed by atoms with van der Waals surface area (Å²) in [4.78, 5) is 13.5. The van der Waals surface area contributed by atoms with Crippen LogP contribution in [0.3, 0.4) is 0 Å². The number of aryl methyl sites for hydroxylation is 2. The number of nitroso groups, excluding NO2 is 1. The minimum Gasteiger partial charge on any atom is -0.504 e. The molecule has 1 unspecified atom stereocenters. The molecule has 1 aliphatic heterocycles. The number of aromatic hydroxyl groups is 1. The molecule has 1 heterocycles. The number of rotatable bonds is 2. The highest BCUT2D eigenvalue weighted by atomic mass is 35.5. The largest absolute Gasteiger partial charge is 0.504 e. The molecular weight excluding hydrogens is 348 g/mol. The number of fused-ring (bicyclic) bond motifs is 2. The zero-order chi connectivity index (χ0) is 18.3. The molecule has 1 atom stereocenters. The van der Waals surface area contributed by atoms with Gasteiger partial charge in [0.1, 0.15) is 0 Å². The van der Waals surface area contributed by atoms with Gasteiger partial charge >= 0.3 is 0 Å². The lowest BCUT2D eigenvalue weighted by Crippen LogP contribution is -2.24. The third kappa shape index (κ3) is 3.01. The Bertz CT molecular complexity index is 866. The molecule has 2 aliphatic rings. The lowest BCUT2D eigenvalue weighted by Gasteiger charge is -2.25. The molecule has 136 valence electrons. The van der Waals surface area contributed by atoms with Crippen LogP contribution in [0.2, 0.25) is 5.02 Å². The van der Waals surface area contributed by atoms with Crippen LogP contribution in [0.5, 0.6) is 5.75 Å². The molecule has 0 spiro atoms. The second kappa shape index (κ2) is 7.01. The molecule has 1 N–H and O–H groups in total. The van der Waals surface area contributed by atoms with Gasteiger partial charge in [-0.3, -0.25) is 0 Å². The van der Waals surface area contributed by atoms with Crippen LogP contribution >= 0.6 is 11.6 Å². The van der Waals surface area contributed by atoms with Gasteiger partial charge in [-0.15, -0.1) is 4.91 Å². The van der Waals surface area contributed by atoms with E-state index >= 15 is 0 Å². The molecule has 1 aliphatic carbocycles. The molecule has 0 saturated carbocycles. The summed E-state index contributed by atoms with van der Waals surface area (Å²) in [6, 6.07) is 8.53. The molecule has 0 radical (unpaired) electrons. The third-order valence-corrected chi connectivity index (χ3v) is 6.25. The van der Waals surface area contributed by atoms with E-state index in [4.69, 9.17) is 11.6 Å². The maximum Gasteiger partial charge on any atom is 0.163 e. The van der Waals surface area contributed by atoms with Crippen LogP contribution in [0.15, 0.2) is 29.4 Å². The second-order valence-corrected chi connectivity index (χ2v) is 7.90. The Morgan fingerprint density at radius 3 is 2.69 bits per heavy atom. The smallest absolute Gasteiger partial charge is 0.163 e. The summed E-state index contributed by atoms with van der Waals surface area (Å²) in [5.74, 6) is -0.0857. The van der Waals surface area contributed by atoms with Crippen molar-refractivity contribution in [1.29, 1.82) is 0 Å². The van der Waals surface area contributed by atoms with Gasteiger partial charge in [0, 0.05) is 19.0 Å². The van der Waals surface area contributed by atoms with E-state index in [2.05, 4.69) is 35.3 Å². The topological polar surface area (TPSA) is 52.9 Å². The first-order chi connectivity index (χ1) is 12.6. The van der Waals surface area contributed by atoms with Gasteiger partial charge in [-0.05, 0) is 78.2 Å². The number of benzene rings is 2. The van der Waals surface area contributed by atoms with Crippen LogP contribution in [-0.2, 0) is 19.3 Å². The van der Waals surface area contributed by atoms with Gasteiger partial charge in [0.2, 0.25) is 0 Å². The number of phenols is 1. The predicted molar refractivity (Wildman–Crippen MR) is 105 cm³/mol. The van der Waals surface area contributed by atoms with Crippen LogP contribution < -0.4 is 0 Å². The number of hydrogen-bond donors (Lipinski definition) is 1. The summed E-state index contributed by atoms with van der Waals surface area (Å²) < 4.78 is 0. The van der Waals surface area contributed by atoms with E-state index in [1.807, 2.05) is 0 Å². The fraction of sp³-hybridized carbons (Fsp3) is 0.429. The van der Waals surface area contributed by atoms with Crippen molar-refractivity contribution < 1.29 is 5.11 Å². The quantitative estimate of drug-likeness (QED) is 0.761. The lowest BCUT2D eigenvalue weighted by atomic mass is 9.83. The Kier molecular flexibility index (Phi) is 4.72. The van der Waals surface area contributed by atoms with Crippen molar-refractivity contribution in [3.8, 4) is 5.75 Å². The average Bonchev–Trinajstić information content (AvgIpc) is 2.83. The molecule has 26 heavy (non-hydrogen) atoms.